The molecule has 1 aromatic heterocycles. The Balaban J connectivity index is 1.53. The van der Waals surface area contributed by atoms with Gasteiger partial charge in [-0.3, -0.25) is 4.79 Å². The number of oxazole rings is 1. The Bertz CT molecular complexity index is 765. The van der Waals surface area contributed by atoms with Crippen LogP contribution in [0.3, 0.4) is 0 Å². The van der Waals surface area contributed by atoms with Crippen LogP contribution in [0.5, 0.6) is 5.75 Å². The third kappa shape index (κ3) is 3.51. The lowest BCUT2D eigenvalue weighted by Crippen LogP contribution is -2.20. The quantitative estimate of drug-likeness (QED) is 0.493. The number of benzene rings is 2. The SMILES string of the molecule is CN(CCCOc1ccccc1C=O)c1nc2ccccc2o1. The fourth-order valence-electron chi connectivity index (χ4n) is 2.31. The van der Waals surface area contributed by atoms with Crippen molar-refractivity contribution in [2.75, 3.05) is 25.1 Å². The number of nitrogens with zero attached hydrogens (tertiary/aromatic N) is 2. The molecular weight excluding hydrogens is 292 g/mol. The highest BCUT2D eigenvalue weighted by atomic mass is 16.5. The summed E-state index contributed by atoms with van der Waals surface area (Å²) in [6.45, 7) is 1.27. The van der Waals surface area contributed by atoms with E-state index in [0.29, 0.717) is 23.9 Å². The van der Waals surface area contributed by atoms with Crippen LogP contribution in [0.4, 0.5) is 6.01 Å². The Hall–Kier alpha value is -2.82. The summed E-state index contributed by atoms with van der Waals surface area (Å²) in [5.41, 5.74) is 2.20. The van der Waals surface area contributed by atoms with Gasteiger partial charge in [-0.15, -0.1) is 0 Å². The minimum atomic E-state index is 0.523. The summed E-state index contributed by atoms with van der Waals surface area (Å²) < 4.78 is 11.4. The van der Waals surface area contributed by atoms with E-state index in [0.717, 1.165) is 30.4 Å². The van der Waals surface area contributed by atoms with Gasteiger partial charge in [0.25, 0.3) is 6.01 Å². The number of carbonyl (C=O) groups is 1. The molecule has 0 aliphatic carbocycles. The Morgan fingerprint density at radius 3 is 2.78 bits per heavy atom. The van der Waals surface area contributed by atoms with Crippen molar-refractivity contribution in [3.63, 3.8) is 0 Å². The molecule has 0 bridgehead atoms. The smallest absolute Gasteiger partial charge is 0.298 e. The minimum Gasteiger partial charge on any atom is -0.493 e. The highest BCUT2D eigenvalue weighted by Gasteiger charge is 2.09. The minimum absolute atomic E-state index is 0.523. The first-order valence-electron chi connectivity index (χ1n) is 7.51. The molecule has 0 amide bonds. The lowest BCUT2D eigenvalue weighted by Gasteiger charge is -2.14. The van der Waals surface area contributed by atoms with Gasteiger partial charge in [0, 0.05) is 13.6 Å². The van der Waals surface area contributed by atoms with E-state index >= 15 is 0 Å². The molecule has 0 saturated carbocycles. The molecule has 0 N–H and O–H groups in total. The van der Waals surface area contributed by atoms with Crippen LogP contribution in [0.1, 0.15) is 16.8 Å². The van der Waals surface area contributed by atoms with E-state index in [1.807, 2.05) is 48.3 Å². The van der Waals surface area contributed by atoms with Gasteiger partial charge < -0.3 is 14.1 Å². The number of hydrogen-bond acceptors (Lipinski definition) is 5. The number of ether oxygens (including phenoxy) is 1. The first-order valence-corrected chi connectivity index (χ1v) is 7.51. The average Bonchev–Trinajstić information content (AvgIpc) is 3.03. The Morgan fingerprint density at radius 2 is 1.96 bits per heavy atom. The van der Waals surface area contributed by atoms with Gasteiger partial charge in [-0.1, -0.05) is 24.3 Å². The van der Waals surface area contributed by atoms with Crippen LogP contribution in [0.25, 0.3) is 11.1 Å². The normalized spacial score (nSPS) is 10.7. The Kier molecular flexibility index (Phi) is 4.57. The van der Waals surface area contributed by atoms with Crippen molar-refractivity contribution in [1.82, 2.24) is 4.98 Å². The predicted molar refractivity (Wildman–Crippen MR) is 89.2 cm³/mol. The number of fused-ring (bicyclic) bond motifs is 1. The van der Waals surface area contributed by atoms with Crippen LogP contribution in [0.2, 0.25) is 0 Å². The summed E-state index contributed by atoms with van der Waals surface area (Å²) >= 11 is 0. The molecule has 0 radical (unpaired) electrons. The van der Waals surface area contributed by atoms with Crippen molar-refractivity contribution < 1.29 is 13.9 Å². The zero-order valence-corrected chi connectivity index (χ0v) is 12.9. The van der Waals surface area contributed by atoms with Crippen LogP contribution in [0, 0.1) is 0 Å². The second-order valence-electron chi connectivity index (χ2n) is 5.24. The molecule has 0 spiro atoms. The van der Waals surface area contributed by atoms with E-state index in [4.69, 9.17) is 9.15 Å². The van der Waals surface area contributed by atoms with E-state index in [1.54, 1.807) is 12.1 Å². The summed E-state index contributed by atoms with van der Waals surface area (Å²) in [7, 11) is 1.93. The monoisotopic (exact) mass is 310 g/mol. The second-order valence-corrected chi connectivity index (χ2v) is 5.24. The summed E-state index contributed by atoms with van der Waals surface area (Å²) in [5, 5.41) is 0. The van der Waals surface area contributed by atoms with Crippen molar-refractivity contribution in [3.8, 4) is 5.75 Å². The molecule has 0 saturated heterocycles. The van der Waals surface area contributed by atoms with Crippen molar-refractivity contribution in [2.45, 2.75) is 6.42 Å². The molecule has 0 atom stereocenters. The fraction of sp³-hybridized carbons (Fsp3) is 0.222. The lowest BCUT2D eigenvalue weighted by atomic mass is 10.2. The van der Waals surface area contributed by atoms with Gasteiger partial charge in [-0.25, -0.2) is 0 Å². The third-order valence-electron chi connectivity index (χ3n) is 3.55. The standard InChI is InChI=1S/C18H18N2O3/c1-20(18-19-15-8-3-5-10-17(15)23-18)11-6-12-22-16-9-4-2-7-14(16)13-21/h2-5,7-10,13H,6,11-12H2,1H3. The summed E-state index contributed by atoms with van der Waals surface area (Å²) in [5.74, 6) is 0.618. The maximum atomic E-state index is 10.9. The van der Waals surface area contributed by atoms with Gasteiger partial charge in [0.15, 0.2) is 11.9 Å². The molecule has 2 aromatic carbocycles. The number of carbonyl (C=O) groups excluding carboxylic acids is 1. The molecule has 0 unspecified atom stereocenters. The van der Waals surface area contributed by atoms with Crippen molar-refractivity contribution >= 4 is 23.4 Å². The molecule has 118 valence electrons. The molecule has 0 fully saturated rings. The van der Waals surface area contributed by atoms with E-state index in [2.05, 4.69) is 4.98 Å². The van der Waals surface area contributed by atoms with Crippen molar-refractivity contribution in [1.29, 1.82) is 0 Å². The van der Waals surface area contributed by atoms with Gasteiger partial charge in [0.05, 0.1) is 12.2 Å². The molecule has 5 nitrogen and oxygen atoms in total. The largest absolute Gasteiger partial charge is 0.493 e. The predicted octanol–water partition coefficient (Wildman–Crippen LogP) is 3.55. The van der Waals surface area contributed by atoms with E-state index in [-0.39, 0.29) is 0 Å². The summed E-state index contributed by atoms with van der Waals surface area (Å²) in [6.07, 6.45) is 1.60. The molecular formula is C18H18N2O3. The topological polar surface area (TPSA) is 55.6 Å². The summed E-state index contributed by atoms with van der Waals surface area (Å²) in [4.78, 5) is 17.3. The average molecular weight is 310 g/mol. The molecule has 5 heteroatoms. The van der Waals surface area contributed by atoms with Gasteiger partial charge in [0.1, 0.15) is 11.3 Å². The second kappa shape index (κ2) is 6.96. The maximum absolute atomic E-state index is 10.9. The number of hydrogen-bond donors (Lipinski definition) is 0. The van der Waals surface area contributed by atoms with Crippen LogP contribution in [-0.4, -0.2) is 31.5 Å². The zero-order valence-electron chi connectivity index (χ0n) is 12.9. The van der Waals surface area contributed by atoms with Crippen LogP contribution >= 0.6 is 0 Å². The van der Waals surface area contributed by atoms with Crippen LogP contribution < -0.4 is 9.64 Å². The first-order chi connectivity index (χ1) is 11.3. The van der Waals surface area contributed by atoms with Gasteiger partial charge in [-0.05, 0) is 30.7 Å². The molecule has 3 rings (SSSR count). The number of aromatic nitrogens is 1. The molecule has 0 aliphatic heterocycles. The number of aldehydes is 1. The highest BCUT2D eigenvalue weighted by Crippen LogP contribution is 2.21. The van der Waals surface area contributed by atoms with E-state index in [9.17, 15) is 4.79 Å². The van der Waals surface area contributed by atoms with Gasteiger partial charge >= 0.3 is 0 Å². The van der Waals surface area contributed by atoms with E-state index in [1.165, 1.54) is 0 Å². The Labute approximate surface area is 134 Å². The van der Waals surface area contributed by atoms with Gasteiger partial charge in [-0.2, -0.15) is 4.98 Å². The van der Waals surface area contributed by atoms with Crippen molar-refractivity contribution in [3.05, 3.63) is 54.1 Å². The fourth-order valence-corrected chi connectivity index (χ4v) is 2.31. The maximum Gasteiger partial charge on any atom is 0.298 e. The number of para-hydroxylation sites is 3. The molecule has 0 aliphatic rings. The molecule has 3 aromatic rings. The lowest BCUT2D eigenvalue weighted by molar-refractivity contribution is 0.111. The highest BCUT2D eigenvalue weighted by molar-refractivity contribution is 5.79. The van der Waals surface area contributed by atoms with E-state index < -0.39 is 0 Å². The van der Waals surface area contributed by atoms with Crippen LogP contribution in [0.15, 0.2) is 52.9 Å². The number of anilines is 1. The molecule has 1 heterocycles. The third-order valence-corrected chi connectivity index (χ3v) is 3.55. The van der Waals surface area contributed by atoms with Gasteiger partial charge in [0.2, 0.25) is 0 Å². The zero-order chi connectivity index (χ0) is 16.1. The first kappa shape index (κ1) is 15.1. The van der Waals surface area contributed by atoms with Crippen molar-refractivity contribution in [2.24, 2.45) is 0 Å². The number of rotatable bonds is 7. The Morgan fingerprint density at radius 1 is 1.17 bits per heavy atom. The molecule has 23 heavy (non-hydrogen) atoms. The summed E-state index contributed by atoms with van der Waals surface area (Å²) in [6, 6.07) is 15.5. The van der Waals surface area contributed by atoms with Crippen LogP contribution in [-0.2, 0) is 0 Å².